The third-order valence-corrected chi connectivity index (χ3v) is 5.64. The summed E-state index contributed by atoms with van der Waals surface area (Å²) in [6.45, 7) is 0. The third kappa shape index (κ3) is 3.48. The van der Waals surface area contributed by atoms with E-state index in [1.165, 1.54) is 6.07 Å². The minimum atomic E-state index is -0.823. The SMILES string of the molecule is COc1ccccc1C=C1SC(=S)N(C=C2C(=O)Oc3ccccc3C2=O)C1=O. The van der Waals surface area contributed by atoms with Crippen molar-refractivity contribution in [3.63, 3.8) is 0 Å². The van der Waals surface area contributed by atoms with Crippen LogP contribution in [0.5, 0.6) is 11.5 Å². The first-order valence-electron chi connectivity index (χ1n) is 8.47. The second-order valence-corrected chi connectivity index (χ2v) is 7.73. The molecule has 0 spiro atoms. The monoisotopic (exact) mass is 423 g/mol. The maximum Gasteiger partial charge on any atom is 0.349 e. The quantitative estimate of drug-likeness (QED) is 0.246. The number of ketones is 1. The van der Waals surface area contributed by atoms with E-state index < -0.39 is 17.7 Å². The van der Waals surface area contributed by atoms with Crippen molar-refractivity contribution in [2.75, 3.05) is 7.11 Å². The largest absolute Gasteiger partial charge is 0.496 e. The van der Waals surface area contributed by atoms with Gasteiger partial charge in [-0.25, -0.2) is 4.79 Å². The van der Waals surface area contributed by atoms with Gasteiger partial charge in [0.1, 0.15) is 17.1 Å². The van der Waals surface area contributed by atoms with Gasteiger partial charge >= 0.3 is 5.97 Å². The standard InChI is InChI=1S/C21H13NO5S2/c1-26-15-8-4-2-6-12(15)10-17-19(24)22(21(28)29-17)11-14-18(23)13-7-3-5-9-16(13)27-20(14)25/h2-11H,1H3. The average molecular weight is 423 g/mol. The number of Topliss-reactive ketones (excluding diaryl/α,β-unsaturated/α-hetero) is 1. The molecule has 29 heavy (non-hydrogen) atoms. The normalized spacial score (nSPS) is 19.0. The number of para-hydroxylation sites is 2. The lowest BCUT2D eigenvalue weighted by Gasteiger charge is -2.18. The molecule has 4 rings (SSSR count). The number of ether oxygens (including phenoxy) is 2. The van der Waals surface area contributed by atoms with Crippen molar-refractivity contribution in [2.45, 2.75) is 0 Å². The van der Waals surface area contributed by atoms with Crippen LogP contribution < -0.4 is 9.47 Å². The number of carbonyl (C=O) groups excluding carboxylic acids is 3. The zero-order valence-electron chi connectivity index (χ0n) is 15.1. The fourth-order valence-corrected chi connectivity index (χ4v) is 4.09. The Bertz CT molecular complexity index is 1140. The molecule has 1 fully saturated rings. The van der Waals surface area contributed by atoms with E-state index in [-0.39, 0.29) is 21.2 Å². The van der Waals surface area contributed by atoms with Gasteiger partial charge in [-0.1, -0.05) is 54.3 Å². The van der Waals surface area contributed by atoms with Crippen molar-refractivity contribution in [3.8, 4) is 11.5 Å². The van der Waals surface area contributed by atoms with Gasteiger partial charge in [0.25, 0.3) is 5.91 Å². The van der Waals surface area contributed by atoms with Gasteiger partial charge in [-0.15, -0.1) is 0 Å². The molecule has 2 aromatic rings. The zero-order valence-corrected chi connectivity index (χ0v) is 16.7. The van der Waals surface area contributed by atoms with Gasteiger partial charge in [0.2, 0.25) is 5.78 Å². The van der Waals surface area contributed by atoms with Crippen molar-refractivity contribution in [1.82, 2.24) is 4.90 Å². The molecule has 144 valence electrons. The second kappa shape index (κ2) is 7.65. The Balaban J connectivity index is 1.67. The van der Waals surface area contributed by atoms with Crippen LogP contribution in [0.1, 0.15) is 15.9 Å². The smallest absolute Gasteiger partial charge is 0.349 e. The fraction of sp³-hybridized carbons (Fsp3) is 0.0476. The average Bonchev–Trinajstić information content (AvgIpc) is 2.98. The van der Waals surface area contributed by atoms with E-state index >= 15 is 0 Å². The predicted molar refractivity (Wildman–Crippen MR) is 112 cm³/mol. The van der Waals surface area contributed by atoms with Gasteiger partial charge in [-0.2, -0.15) is 0 Å². The summed E-state index contributed by atoms with van der Waals surface area (Å²) in [7, 11) is 1.54. The molecule has 2 aliphatic rings. The van der Waals surface area contributed by atoms with Crippen molar-refractivity contribution in [3.05, 3.63) is 76.3 Å². The molecule has 0 bridgehead atoms. The van der Waals surface area contributed by atoms with E-state index in [1.54, 1.807) is 37.5 Å². The molecule has 0 saturated carbocycles. The molecule has 0 radical (unpaired) electrons. The molecule has 2 aliphatic heterocycles. The summed E-state index contributed by atoms with van der Waals surface area (Å²) in [5, 5.41) is 0. The summed E-state index contributed by atoms with van der Waals surface area (Å²) in [5.41, 5.74) is 0.720. The number of amides is 1. The highest BCUT2D eigenvalue weighted by molar-refractivity contribution is 8.26. The van der Waals surface area contributed by atoms with Crippen LogP contribution in [0.2, 0.25) is 0 Å². The Morgan fingerprint density at radius 1 is 1.07 bits per heavy atom. The minimum Gasteiger partial charge on any atom is -0.496 e. The summed E-state index contributed by atoms with van der Waals surface area (Å²) >= 11 is 6.36. The molecule has 0 atom stereocenters. The Labute approximate surface area is 175 Å². The lowest BCUT2D eigenvalue weighted by atomic mass is 10.0. The summed E-state index contributed by atoms with van der Waals surface area (Å²) < 4.78 is 10.7. The van der Waals surface area contributed by atoms with E-state index in [0.29, 0.717) is 16.2 Å². The maximum absolute atomic E-state index is 12.9. The first-order chi connectivity index (χ1) is 14.0. The highest BCUT2D eigenvalue weighted by Crippen LogP contribution is 2.36. The molecular weight excluding hydrogens is 410 g/mol. The van der Waals surface area contributed by atoms with Crippen LogP contribution in [-0.4, -0.2) is 34.0 Å². The lowest BCUT2D eigenvalue weighted by Crippen LogP contribution is -2.30. The molecule has 8 heteroatoms. The van der Waals surface area contributed by atoms with Gasteiger partial charge < -0.3 is 9.47 Å². The van der Waals surface area contributed by atoms with Gasteiger partial charge in [0.15, 0.2) is 4.32 Å². The van der Waals surface area contributed by atoms with Crippen molar-refractivity contribution < 1.29 is 23.9 Å². The number of hydrogen-bond donors (Lipinski definition) is 0. The number of esters is 1. The summed E-state index contributed by atoms with van der Waals surface area (Å²) in [4.78, 5) is 39.3. The Kier molecular flexibility index (Phi) is 5.04. The topological polar surface area (TPSA) is 72.9 Å². The highest BCUT2D eigenvalue weighted by atomic mass is 32.2. The van der Waals surface area contributed by atoms with Crippen LogP contribution in [0.15, 0.2) is 65.2 Å². The Hall–Kier alpha value is -3.23. The second-order valence-electron chi connectivity index (χ2n) is 6.05. The zero-order chi connectivity index (χ0) is 20.5. The fourth-order valence-electron chi connectivity index (χ4n) is 2.89. The van der Waals surface area contributed by atoms with Crippen LogP contribution in [0.4, 0.5) is 0 Å². The number of methoxy groups -OCH3 is 1. The van der Waals surface area contributed by atoms with E-state index in [9.17, 15) is 14.4 Å². The van der Waals surface area contributed by atoms with Gasteiger partial charge in [-0.05, 0) is 24.3 Å². The van der Waals surface area contributed by atoms with Crippen LogP contribution in [-0.2, 0) is 9.59 Å². The number of nitrogens with zero attached hydrogens (tertiary/aromatic N) is 1. The molecule has 0 unspecified atom stereocenters. The molecule has 1 amide bonds. The maximum atomic E-state index is 12.9. The molecule has 1 saturated heterocycles. The first kappa shape index (κ1) is 19.1. The van der Waals surface area contributed by atoms with Crippen molar-refractivity contribution >= 4 is 52.0 Å². The number of thioether (sulfide) groups is 1. The predicted octanol–water partition coefficient (Wildman–Crippen LogP) is 3.58. The van der Waals surface area contributed by atoms with E-state index in [0.717, 1.165) is 22.9 Å². The molecular formula is C21H13NO5S2. The van der Waals surface area contributed by atoms with Gasteiger partial charge in [0, 0.05) is 11.8 Å². The van der Waals surface area contributed by atoms with Crippen LogP contribution >= 0.6 is 24.0 Å². The number of carbonyl (C=O) groups is 3. The lowest BCUT2D eigenvalue weighted by molar-refractivity contribution is -0.130. The highest BCUT2D eigenvalue weighted by Gasteiger charge is 2.36. The summed E-state index contributed by atoms with van der Waals surface area (Å²) in [6.07, 6.45) is 2.81. The molecule has 0 aromatic heterocycles. The first-order valence-corrected chi connectivity index (χ1v) is 9.70. The van der Waals surface area contributed by atoms with Crippen LogP contribution in [0, 0.1) is 0 Å². The Morgan fingerprint density at radius 3 is 2.59 bits per heavy atom. The number of thiocarbonyl (C=S) groups is 1. The molecule has 0 N–H and O–H groups in total. The van der Waals surface area contributed by atoms with Crippen molar-refractivity contribution in [1.29, 1.82) is 0 Å². The van der Waals surface area contributed by atoms with Crippen LogP contribution in [0.3, 0.4) is 0 Å². The molecule has 2 aromatic carbocycles. The van der Waals surface area contributed by atoms with E-state index in [4.69, 9.17) is 21.7 Å². The number of hydrogen-bond acceptors (Lipinski definition) is 7. The van der Waals surface area contributed by atoms with Gasteiger partial charge in [-0.3, -0.25) is 14.5 Å². The van der Waals surface area contributed by atoms with Gasteiger partial charge in [0.05, 0.1) is 17.6 Å². The van der Waals surface area contributed by atoms with E-state index in [2.05, 4.69) is 0 Å². The van der Waals surface area contributed by atoms with Crippen molar-refractivity contribution in [2.24, 2.45) is 0 Å². The molecule has 0 aliphatic carbocycles. The molecule has 2 heterocycles. The third-order valence-electron chi connectivity index (χ3n) is 4.31. The summed E-state index contributed by atoms with van der Waals surface area (Å²) in [6, 6.07) is 13.7. The van der Waals surface area contributed by atoms with E-state index in [1.807, 2.05) is 18.2 Å². The Morgan fingerprint density at radius 2 is 1.79 bits per heavy atom. The molecule has 6 nitrogen and oxygen atoms in total. The van der Waals surface area contributed by atoms with Crippen LogP contribution in [0.25, 0.3) is 6.08 Å². The minimum absolute atomic E-state index is 0.195. The summed E-state index contributed by atoms with van der Waals surface area (Å²) in [5.74, 6) is -0.964. The number of benzene rings is 2. The number of rotatable bonds is 3. The number of fused-ring (bicyclic) bond motifs is 1.